The lowest BCUT2D eigenvalue weighted by atomic mass is 9.82. The molecular formula is C8H13F2NO2. The lowest BCUT2D eigenvalue weighted by Gasteiger charge is -2.30. The first kappa shape index (κ1) is 10.4. The fourth-order valence-corrected chi connectivity index (χ4v) is 1.72. The van der Waals surface area contributed by atoms with E-state index >= 15 is 0 Å². The van der Waals surface area contributed by atoms with Crippen LogP contribution in [0.1, 0.15) is 25.7 Å². The summed E-state index contributed by atoms with van der Waals surface area (Å²) in [5.74, 6) is -4.50. The Morgan fingerprint density at radius 2 is 2.23 bits per heavy atom. The summed E-state index contributed by atoms with van der Waals surface area (Å²) in [5, 5.41) is 8.53. The monoisotopic (exact) mass is 193 g/mol. The molecule has 0 amide bonds. The third-order valence-corrected chi connectivity index (χ3v) is 2.47. The molecule has 2 atom stereocenters. The molecule has 13 heavy (non-hydrogen) atoms. The summed E-state index contributed by atoms with van der Waals surface area (Å²) in [6, 6.07) is -1.15. The van der Waals surface area contributed by atoms with Gasteiger partial charge >= 0.3 is 5.97 Å². The van der Waals surface area contributed by atoms with Crippen molar-refractivity contribution in [1.82, 2.24) is 0 Å². The molecule has 0 bridgehead atoms. The average Bonchev–Trinajstić information content (AvgIpc) is 2.01. The van der Waals surface area contributed by atoms with Gasteiger partial charge in [-0.2, -0.15) is 0 Å². The standard InChI is InChI=1S/C8H13F2NO2/c9-8(10)3-1-2-5(4-8)6(11)7(12)13/h5-6H,1-4,11H2,(H,12,13)/t5-,6-/m0/s1. The molecular weight excluding hydrogens is 180 g/mol. The van der Waals surface area contributed by atoms with E-state index in [1.807, 2.05) is 0 Å². The van der Waals surface area contributed by atoms with Crippen LogP contribution in [0.15, 0.2) is 0 Å². The first-order valence-corrected chi connectivity index (χ1v) is 4.28. The molecule has 0 spiro atoms. The van der Waals surface area contributed by atoms with Crippen LogP contribution in [-0.2, 0) is 4.79 Å². The van der Waals surface area contributed by atoms with Crippen molar-refractivity contribution in [1.29, 1.82) is 0 Å². The number of hydrogen-bond donors (Lipinski definition) is 2. The number of aliphatic carboxylic acids is 1. The molecule has 1 rings (SSSR count). The van der Waals surface area contributed by atoms with Crippen molar-refractivity contribution in [3.05, 3.63) is 0 Å². The largest absolute Gasteiger partial charge is 0.480 e. The van der Waals surface area contributed by atoms with Gasteiger partial charge in [-0.3, -0.25) is 4.79 Å². The Labute approximate surface area is 74.9 Å². The summed E-state index contributed by atoms with van der Waals surface area (Å²) in [6.07, 6.45) is 0.317. The van der Waals surface area contributed by atoms with Crippen LogP contribution in [0.4, 0.5) is 8.78 Å². The number of carbonyl (C=O) groups is 1. The Balaban J connectivity index is 2.56. The fourth-order valence-electron chi connectivity index (χ4n) is 1.72. The highest BCUT2D eigenvalue weighted by Crippen LogP contribution is 2.37. The van der Waals surface area contributed by atoms with Crippen LogP contribution in [0.5, 0.6) is 0 Å². The molecule has 0 aliphatic heterocycles. The maximum atomic E-state index is 12.8. The quantitative estimate of drug-likeness (QED) is 0.693. The van der Waals surface area contributed by atoms with Crippen LogP contribution < -0.4 is 5.73 Å². The zero-order chi connectivity index (χ0) is 10.1. The molecule has 0 aromatic carbocycles. The SMILES string of the molecule is N[C@H](C(=O)O)[C@H]1CCCC(F)(F)C1. The van der Waals surface area contributed by atoms with Gasteiger partial charge in [0.05, 0.1) is 0 Å². The predicted octanol–water partition coefficient (Wildman–Crippen LogP) is 1.22. The molecule has 1 aliphatic carbocycles. The molecule has 3 N–H and O–H groups in total. The molecule has 1 fully saturated rings. The average molecular weight is 193 g/mol. The van der Waals surface area contributed by atoms with Crippen LogP contribution in [0, 0.1) is 5.92 Å². The number of halogens is 2. The van der Waals surface area contributed by atoms with Gasteiger partial charge in [-0.15, -0.1) is 0 Å². The van der Waals surface area contributed by atoms with E-state index < -0.39 is 23.9 Å². The number of carboxylic acids is 1. The first-order chi connectivity index (χ1) is 5.92. The van der Waals surface area contributed by atoms with E-state index in [4.69, 9.17) is 10.8 Å². The van der Waals surface area contributed by atoms with Gasteiger partial charge in [0.2, 0.25) is 5.92 Å². The predicted molar refractivity (Wildman–Crippen MR) is 42.5 cm³/mol. The zero-order valence-corrected chi connectivity index (χ0v) is 7.17. The van der Waals surface area contributed by atoms with Crippen LogP contribution in [0.25, 0.3) is 0 Å². The summed E-state index contributed by atoms with van der Waals surface area (Å²) in [5.41, 5.74) is 5.28. The van der Waals surface area contributed by atoms with Crippen molar-refractivity contribution in [2.75, 3.05) is 0 Å². The Bertz CT molecular complexity index is 208. The highest BCUT2D eigenvalue weighted by molar-refractivity contribution is 5.73. The van der Waals surface area contributed by atoms with E-state index in [-0.39, 0.29) is 12.8 Å². The summed E-state index contributed by atoms with van der Waals surface area (Å²) in [7, 11) is 0. The molecule has 1 aliphatic rings. The summed E-state index contributed by atoms with van der Waals surface area (Å²) in [4.78, 5) is 10.4. The Morgan fingerprint density at radius 3 is 2.69 bits per heavy atom. The number of carboxylic acid groups (broad SMARTS) is 1. The third-order valence-electron chi connectivity index (χ3n) is 2.47. The second-order valence-corrected chi connectivity index (χ2v) is 3.58. The highest BCUT2D eigenvalue weighted by Gasteiger charge is 2.40. The Morgan fingerprint density at radius 1 is 1.62 bits per heavy atom. The molecule has 0 unspecified atom stereocenters. The van der Waals surface area contributed by atoms with E-state index in [0.29, 0.717) is 12.8 Å². The van der Waals surface area contributed by atoms with E-state index in [9.17, 15) is 13.6 Å². The molecule has 0 radical (unpaired) electrons. The van der Waals surface area contributed by atoms with E-state index in [1.165, 1.54) is 0 Å². The van der Waals surface area contributed by atoms with Crippen LogP contribution in [-0.4, -0.2) is 23.0 Å². The highest BCUT2D eigenvalue weighted by atomic mass is 19.3. The Hall–Kier alpha value is -0.710. The zero-order valence-electron chi connectivity index (χ0n) is 7.17. The van der Waals surface area contributed by atoms with Gasteiger partial charge in [0.15, 0.2) is 0 Å². The number of rotatable bonds is 2. The second kappa shape index (κ2) is 3.57. The Kier molecular flexibility index (Phi) is 2.85. The molecule has 0 heterocycles. The van der Waals surface area contributed by atoms with Crippen LogP contribution in [0.3, 0.4) is 0 Å². The fraction of sp³-hybridized carbons (Fsp3) is 0.875. The maximum absolute atomic E-state index is 12.8. The van der Waals surface area contributed by atoms with Gasteiger partial charge in [0.1, 0.15) is 6.04 Å². The molecule has 5 heteroatoms. The lowest BCUT2D eigenvalue weighted by molar-refractivity contribution is -0.141. The molecule has 0 aromatic rings. The lowest BCUT2D eigenvalue weighted by Crippen LogP contribution is -2.42. The topological polar surface area (TPSA) is 63.3 Å². The van der Waals surface area contributed by atoms with Gasteiger partial charge in [0, 0.05) is 12.8 Å². The van der Waals surface area contributed by atoms with Crippen molar-refractivity contribution in [2.45, 2.75) is 37.6 Å². The second-order valence-electron chi connectivity index (χ2n) is 3.58. The molecule has 76 valence electrons. The van der Waals surface area contributed by atoms with E-state index in [1.54, 1.807) is 0 Å². The minimum atomic E-state index is -2.73. The van der Waals surface area contributed by atoms with E-state index in [2.05, 4.69) is 0 Å². The number of hydrogen-bond acceptors (Lipinski definition) is 2. The molecule has 0 aromatic heterocycles. The van der Waals surface area contributed by atoms with Crippen molar-refractivity contribution < 1.29 is 18.7 Å². The third kappa shape index (κ3) is 2.62. The number of alkyl halides is 2. The summed E-state index contributed by atoms with van der Waals surface area (Å²) < 4.78 is 25.7. The van der Waals surface area contributed by atoms with Gasteiger partial charge < -0.3 is 10.8 Å². The van der Waals surface area contributed by atoms with Crippen molar-refractivity contribution >= 4 is 5.97 Å². The van der Waals surface area contributed by atoms with Gasteiger partial charge in [-0.05, 0) is 18.8 Å². The smallest absolute Gasteiger partial charge is 0.320 e. The van der Waals surface area contributed by atoms with Crippen molar-refractivity contribution in [3.8, 4) is 0 Å². The minimum absolute atomic E-state index is 0.143. The normalized spacial score (nSPS) is 29.6. The van der Waals surface area contributed by atoms with Crippen molar-refractivity contribution in [2.24, 2.45) is 11.7 Å². The first-order valence-electron chi connectivity index (χ1n) is 4.28. The van der Waals surface area contributed by atoms with Crippen LogP contribution >= 0.6 is 0 Å². The summed E-state index contributed by atoms with van der Waals surface area (Å²) in [6.45, 7) is 0. The van der Waals surface area contributed by atoms with Gasteiger partial charge in [0.25, 0.3) is 0 Å². The maximum Gasteiger partial charge on any atom is 0.320 e. The summed E-state index contributed by atoms with van der Waals surface area (Å²) >= 11 is 0. The van der Waals surface area contributed by atoms with E-state index in [0.717, 1.165) is 0 Å². The van der Waals surface area contributed by atoms with Gasteiger partial charge in [-0.25, -0.2) is 8.78 Å². The number of nitrogens with two attached hydrogens (primary N) is 1. The molecule has 3 nitrogen and oxygen atoms in total. The van der Waals surface area contributed by atoms with Gasteiger partial charge in [-0.1, -0.05) is 0 Å². The minimum Gasteiger partial charge on any atom is -0.480 e. The van der Waals surface area contributed by atoms with Crippen molar-refractivity contribution in [3.63, 3.8) is 0 Å². The molecule has 1 saturated carbocycles. The van der Waals surface area contributed by atoms with Crippen LogP contribution in [0.2, 0.25) is 0 Å². The molecule has 0 saturated heterocycles.